The number of aromatic nitrogens is 2. The van der Waals surface area contributed by atoms with E-state index in [2.05, 4.69) is 68.3 Å². The SMILES string of the molecule is CC1CCCCN1CCCNC(=O)c1ccc(CSc2nc(Cl)cc(N3CCN(CC=Cc4ccccc4)CC3)n2)cc1. The summed E-state index contributed by atoms with van der Waals surface area (Å²) in [5.74, 6) is 1.57. The molecule has 1 aromatic heterocycles. The number of hydrogen-bond donors (Lipinski definition) is 1. The molecule has 3 heterocycles. The molecule has 2 aromatic carbocycles. The van der Waals surface area contributed by atoms with E-state index >= 15 is 0 Å². The predicted molar refractivity (Wildman–Crippen MR) is 179 cm³/mol. The van der Waals surface area contributed by atoms with Crippen LogP contribution in [-0.4, -0.2) is 84.1 Å². The van der Waals surface area contributed by atoms with Gasteiger partial charge in [0.25, 0.3) is 5.91 Å². The Morgan fingerprint density at radius 3 is 2.58 bits per heavy atom. The maximum atomic E-state index is 12.6. The van der Waals surface area contributed by atoms with Crippen LogP contribution in [0.2, 0.25) is 5.15 Å². The number of thioether (sulfide) groups is 1. The Morgan fingerprint density at radius 2 is 1.81 bits per heavy atom. The van der Waals surface area contributed by atoms with Gasteiger partial charge in [-0.25, -0.2) is 9.97 Å². The molecule has 5 rings (SSSR count). The van der Waals surface area contributed by atoms with Crippen LogP contribution in [0.25, 0.3) is 6.08 Å². The third-order valence-electron chi connectivity index (χ3n) is 8.26. The number of piperazine rings is 1. The molecular formula is C34H43ClN6OS. The summed E-state index contributed by atoms with van der Waals surface area (Å²) in [6.07, 6.45) is 9.31. The van der Waals surface area contributed by atoms with Crippen LogP contribution in [-0.2, 0) is 5.75 Å². The maximum Gasteiger partial charge on any atom is 0.251 e. The van der Waals surface area contributed by atoms with Crippen LogP contribution in [0.3, 0.4) is 0 Å². The fraction of sp³-hybridized carbons (Fsp3) is 0.441. The Balaban J connectivity index is 1.04. The Hall–Kier alpha value is -2.91. The molecule has 0 aliphatic carbocycles. The molecule has 2 fully saturated rings. The van der Waals surface area contributed by atoms with Crippen LogP contribution in [0, 0.1) is 0 Å². The average Bonchev–Trinajstić information content (AvgIpc) is 3.03. The van der Waals surface area contributed by atoms with Crippen LogP contribution in [0.4, 0.5) is 5.82 Å². The van der Waals surface area contributed by atoms with Crippen molar-refractivity contribution in [2.24, 2.45) is 0 Å². The first-order valence-electron chi connectivity index (χ1n) is 15.5. The summed E-state index contributed by atoms with van der Waals surface area (Å²) < 4.78 is 0. The number of carbonyl (C=O) groups excluding carboxylic acids is 1. The van der Waals surface area contributed by atoms with Gasteiger partial charge in [-0.3, -0.25) is 9.69 Å². The molecule has 0 bridgehead atoms. The van der Waals surface area contributed by atoms with Crippen molar-refractivity contribution in [3.05, 3.63) is 88.6 Å². The Morgan fingerprint density at radius 1 is 1.02 bits per heavy atom. The highest BCUT2D eigenvalue weighted by Crippen LogP contribution is 2.25. The summed E-state index contributed by atoms with van der Waals surface area (Å²) in [7, 11) is 0. The molecule has 0 spiro atoms. The van der Waals surface area contributed by atoms with E-state index in [1.54, 1.807) is 11.8 Å². The summed E-state index contributed by atoms with van der Waals surface area (Å²) >= 11 is 7.97. The van der Waals surface area contributed by atoms with Crippen molar-refractivity contribution in [1.82, 2.24) is 25.1 Å². The number of amides is 1. The number of rotatable bonds is 12. The topological polar surface area (TPSA) is 64.6 Å². The van der Waals surface area contributed by atoms with Crippen LogP contribution in [0.15, 0.2) is 71.9 Å². The summed E-state index contributed by atoms with van der Waals surface area (Å²) in [4.78, 5) is 29.2. The largest absolute Gasteiger partial charge is 0.354 e. The van der Waals surface area contributed by atoms with Crippen LogP contribution in [0.1, 0.15) is 54.1 Å². The zero-order valence-electron chi connectivity index (χ0n) is 25.1. The van der Waals surface area contributed by atoms with Crippen LogP contribution < -0.4 is 10.2 Å². The fourth-order valence-electron chi connectivity index (χ4n) is 5.65. The third-order valence-corrected chi connectivity index (χ3v) is 9.37. The van der Waals surface area contributed by atoms with E-state index in [4.69, 9.17) is 16.6 Å². The normalized spacial score (nSPS) is 18.3. The number of benzene rings is 2. The molecule has 3 aromatic rings. The minimum Gasteiger partial charge on any atom is -0.354 e. The Bertz CT molecular complexity index is 1330. The molecule has 1 amide bonds. The lowest BCUT2D eigenvalue weighted by Gasteiger charge is -2.35. The molecule has 43 heavy (non-hydrogen) atoms. The molecule has 0 radical (unpaired) electrons. The van der Waals surface area contributed by atoms with E-state index in [1.807, 2.05) is 36.4 Å². The lowest BCUT2D eigenvalue weighted by molar-refractivity contribution is 0.0949. The molecule has 7 nitrogen and oxygen atoms in total. The first kappa shape index (κ1) is 31.5. The van der Waals surface area contributed by atoms with Crippen LogP contribution in [0.5, 0.6) is 0 Å². The first-order valence-corrected chi connectivity index (χ1v) is 16.9. The molecule has 2 aliphatic rings. The summed E-state index contributed by atoms with van der Waals surface area (Å²) in [5, 5.41) is 4.21. The van der Waals surface area contributed by atoms with E-state index < -0.39 is 0 Å². The molecule has 228 valence electrons. The van der Waals surface area contributed by atoms with Gasteiger partial charge in [0.2, 0.25) is 0 Å². The number of nitrogens with one attached hydrogen (secondary N) is 1. The molecule has 1 unspecified atom stereocenters. The van der Waals surface area contributed by atoms with E-state index in [0.717, 1.165) is 57.1 Å². The lowest BCUT2D eigenvalue weighted by Crippen LogP contribution is -2.46. The quantitative estimate of drug-likeness (QED) is 0.111. The molecule has 2 saturated heterocycles. The van der Waals surface area contributed by atoms with E-state index in [0.29, 0.717) is 34.2 Å². The van der Waals surface area contributed by atoms with Crippen molar-refractivity contribution in [3.63, 3.8) is 0 Å². The zero-order valence-corrected chi connectivity index (χ0v) is 26.7. The molecule has 9 heteroatoms. The van der Waals surface area contributed by atoms with Crippen molar-refractivity contribution in [2.75, 3.05) is 57.3 Å². The summed E-state index contributed by atoms with van der Waals surface area (Å²) in [6.45, 7) is 9.93. The van der Waals surface area contributed by atoms with Gasteiger partial charge >= 0.3 is 0 Å². The third kappa shape index (κ3) is 9.80. The van der Waals surface area contributed by atoms with E-state index in [1.165, 1.54) is 31.4 Å². The van der Waals surface area contributed by atoms with Crippen molar-refractivity contribution >= 4 is 41.2 Å². The number of piperidine rings is 1. The highest BCUT2D eigenvalue weighted by atomic mass is 35.5. The van der Waals surface area contributed by atoms with Gasteiger partial charge in [-0.15, -0.1) is 0 Å². The number of anilines is 1. The second-order valence-corrected chi connectivity index (χ2v) is 12.7. The number of likely N-dealkylation sites (tertiary alicyclic amines) is 1. The summed E-state index contributed by atoms with van der Waals surface area (Å²) in [5.41, 5.74) is 3.03. The lowest BCUT2D eigenvalue weighted by atomic mass is 10.0. The minimum atomic E-state index is -0.0129. The molecular weight excluding hydrogens is 576 g/mol. The molecule has 1 N–H and O–H groups in total. The monoisotopic (exact) mass is 618 g/mol. The Labute approximate surface area is 265 Å². The standard InChI is InChI=1S/C34H43ClN6OS/c1-27-9-5-6-19-40(27)20-8-17-36-33(42)30-15-13-29(14-16-30)26-43-34-37-31(35)25-32(38-34)41-23-21-39(22-24-41)18-7-12-28-10-3-2-4-11-28/h2-4,7,10-16,25,27H,5-6,8-9,17-24,26H2,1H3,(H,36,42). The van der Waals surface area contributed by atoms with Crippen molar-refractivity contribution in [3.8, 4) is 0 Å². The van der Waals surface area contributed by atoms with E-state index in [-0.39, 0.29) is 5.91 Å². The van der Waals surface area contributed by atoms with Gasteiger partial charge in [0, 0.05) is 69.2 Å². The molecule has 2 aliphatic heterocycles. The fourth-order valence-corrected chi connectivity index (χ4v) is 6.69. The van der Waals surface area contributed by atoms with Gasteiger partial charge in [-0.2, -0.15) is 0 Å². The minimum absolute atomic E-state index is 0.0129. The Kier molecular flexibility index (Phi) is 11.9. The second kappa shape index (κ2) is 16.2. The van der Waals surface area contributed by atoms with Gasteiger partial charge in [0.05, 0.1) is 0 Å². The maximum absolute atomic E-state index is 12.6. The van der Waals surface area contributed by atoms with Gasteiger partial charge in [0.15, 0.2) is 5.16 Å². The smallest absolute Gasteiger partial charge is 0.251 e. The number of halogens is 1. The first-order chi connectivity index (χ1) is 21.0. The number of nitrogens with zero attached hydrogens (tertiary/aromatic N) is 5. The van der Waals surface area contributed by atoms with E-state index in [9.17, 15) is 4.79 Å². The van der Waals surface area contributed by atoms with Crippen molar-refractivity contribution in [2.45, 2.75) is 49.6 Å². The highest BCUT2D eigenvalue weighted by molar-refractivity contribution is 7.98. The number of carbonyl (C=O) groups is 1. The summed E-state index contributed by atoms with van der Waals surface area (Å²) in [6, 6.07) is 20.7. The van der Waals surface area contributed by atoms with Crippen molar-refractivity contribution in [1.29, 1.82) is 0 Å². The molecule has 1 atom stereocenters. The number of hydrogen-bond acceptors (Lipinski definition) is 7. The van der Waals surface area contributed by atoms with Gasteiger partial charge in [-0.1, -0.05) is 84.4 Å². The highest BCUT2D eigenvalue weighted by Gasteiger charge is 2.19. The van der Waals surface area contributed by atoms with Gasteiger partial charge < -0.3 is 15.1 Å². The van der Waals surface area contributed by atoms with Gasteiger partial charge in [0.1, 0.15) is 11.0 Å². The average molecular weight is 619 g/mol. The van der Waals surface area contributed by atoms with Gasteiger partial charge in [-0.05, 0) is 56.0 Å². The predicted octanol–water partition coefficient (Wildman–Crippen LogP) is 6.25. The second-order valence-electron chi connectivity index (χ2n) is 11.4. The molecule has 0 saturated carbocycles. The van der Waals surface area contributed by atoms with Crippen LogP contribution >= 0.6 is 23.4 Å². The zero-order chi connectivity index (χ0) is 29.9. The van der Waals surface area contributed by atoms with Crippen molar-refractivity contribution < 1.29 is 4.79 Å².